The molecule has 3 heteroatoms. The van der Waals surface area contributed by atoms with Gasteiger partial charge in [0.1, 0.15) is 0 Å². The van der Waals surface area contributed by atoms with Gasteiger partial charge in [-0.05, 0) is 51.0 Å². The molecule has 0 radical (unpaired) electrons. The van der Waals surface area contributed by atoms with Gasteiger partial charge >= 0.3 is 0 Å². The number of methoxy groups -OCH3 is 1. The first-order valence-corrected chi connectivity index (χ1v) is 8.33. The number of ether oxygens (including phenoxy) is 1. The van der Waals surface area contributed by atoms with Gasteiger partial charge in [0.2, 0.25) is 0 Å². The molecule has 3 unspecified atom stereocenters. The molecule has 1 aliphatic rings. The second-order valence-corrected chi connectivity index (χ2v) is 7.31. The van der Waals surface area contributed by atoms with Gasteiger partial charge in [-0.15, -0.1) is 0 Å². The van der Waals surface area contributed by atoms with Gasteiger partial charge in [-0.1, -0.05) is 20.8 Å². The molecule has 3 atom stereocenters. The Kier molecular flexibility index (Phi) is 7.49. The van der Waals surface area contributed by atoms with Crippen molar-refractivity contribution in [2.45, 2.75) is 65.5 Å². The van der Waals surface area contributed by atoms with E-state index in [9.17, 15) is 0 Å². The van der Waals surface area contributed by atoms with E-state index in [-0.39, 0.29) is 0 Å². The Hall–Kier alpha value is -0.120. The van der Waals surface area contributed by atoms with E-state index in [1.165, 1.54) is 32.2 Å². The summed E-state index contributed by atoms with van der Waals surface area (Å²) in [4.78, 5) is 2.62. The number of hydrogen-bond donors (Lipinski definition) is 1. The van der Waals surface area contributed by atoms with Crippen molar-refractivity contribution in [3.63, 3.8) is 0 Å². The summed E-state index contributed by atoms with van der Waals surface area (Å²) in [6.45, 7) is 12.6. The summed E-state index contributed by atoms with van der Waals surface area (Å²) in [6, 6.07) is 1.32. The van der Waals surface area contributed by atoms with E-state index in [4.69, 9.17) is 4.74 Å². The molecular weight excluding hydrogens is 248 g/mol. The molecule has 0 bridgehead atoms. The zero-order chi connectivity index (χ0) is 15.2. The maximum atomic E-state index is 5.29. The third kappa shape index (κ3) is 5.34. The number of nitrogens with zero attached hydrogens (tertiary/aromatic N) is 1. The van der Waals surface area contributed by atoms with Crippen molar-refractivity contribution in [2.24, 2.45) is 11.3 Å². The summed E-state index contributed by atoms with van der Waals surface area (Å²) in [5, 5.41) is 3.55. The second kappa shape index (κ2) is 8.35. The van der Waals surface area contributed by atoms with Crippen LogP contribution < -0.4 is 5.32 Å². The van der Waals surface area contributed by atoms with Gasteiger partial charge in [-0.3, -0.25) is 4.90 Å². The molecule has 1 saturated carbocycles. The van der Waals surface area contributed by atoms with Crippen LogP contribution in [0.1, 0.15) is 53.4 Å². The third-order valence-electron chi connectivity index (χ3n) is 5.15. The molecule has 0 amide bonds. The van der Waals surface area contributed by atoms with Crippen LogP contribution in [0.25, 0.3) is 0 Å². The molecule has 0 aromatic carbocycles. The summed E-state index contributed by atoms with van der Waals surface area (Å²) in [5.41, 5.74) is 0.500. The molecule has 1 rings (SSSR count). The van der Waals surface area contributed by atoms with E-state index in [0.29, 0.717) is 17.5 Å². The Labute approximate surface area is 126 Å². The summed E-state index contributed by atoms with van der Waals surface area (Å²) in [5.74, 6) is 0.759. The Morgan fingerprint density at radius 2 is 2.10 bits per heavy atom. The Morgan fingerprint density at radius 3 is 2.65 bits per heavy atom. The monoisotopic (exact) mass is 284 g/mol. The normalized spacial score (nSPS) is 27.8. The predicted molar refractivity (Wildman–Crippen MR) is 87.2 cm³/mol. The average Bonchev–Trinajstić information content (AvgIpc) is 2.42. The minimum absolute atomic E-state index is 0.500. The maximum Gasteiger partial charge on any atom is 0.0589 e. The number of rotatable bonds is 8. The molecule has 0 spiro atoms. The fraction of sp³-hybridized carbons (Fsp3) is 1.00. The SMILES string of the molecule is CCC(C)N(CCOC)CC1CC(C)(C)CCC1NC. The molecule has 3 nitrogen and oxygen atoms in total. The smallest absolute Gasteiger partial charge is 0.0589 e. The fourth-order valence-electron chi connectivity index (χ4n) is 3.57. The maximum absolute atomic E-state index is 5.29. The van der Waals surface area contributed by atoms with Crippen LogP contribution in [0.3, 0.4) is 0 Å². The van der Waals surface area contributed by atoms with E-state index in [1.807, 2.05) is 0 Å². The van der Waals surface area contributed by atoms with E-state index in [0.717, 1.165) is 19.1 Å². The first-order chi connectivity index (χ1) is 9.43. The summed E-state index contributed by atoms with van der Waals surface area (Å²) < 4.78 is 5.29. The lowest BCUT2D eigenvalue weighted by Crippen LogP contribution is -2.48. The number of hydrogen-bond acceptors (Lipinski definition) is 3. The largest absolute Gasteiger partial charge is 0.383 e. The molecule has 0 aliphatic heterocycles. The molecule has 1 aliphatic carbocycles. The van der Waals surface area contributed by atoms with Crippen LogP contribution in [0.15, 0.2) is 0 Å². The minimum Gasteiger partial charge on any atom is -0.383 e. The summed E-state index contributed by atoms with van der Waals surface area (Å²) >= 11 is 0. The lowest BCUT2D eigenvalue weighted by Gasteiger charge is -2.43. The van der Waals surface area contributed by atoms with Crippen LogP contribution in [0.5, 0.6) is 0 Å². The van der Waals surface area contributed by atoms with Gasteiger partial charge in [0.05, 0.1) is 6.61 Å². The highest BCUT2D eigenvalue weighted by molar-refractivity contribution is 4.90. The summed E-state index contributed by atoms with van der Waals surface area (Å²) in [7, 11) is 3.92. The van der Waals surface area contributed by atoms with Crippen LogP contribution in [0.4, 0.5) is 0 Å². The molecule has 0 saturated heterocycles. The molecule has 120 valence electrons. The highest BCUT2D eigenvalue weighted by atomic mass is 16.5. The lowest BCUT2D eigenvalue weighted by molar-refractivity contribution is 0.0669. The zero-order valence-electron chi connectivity index (χ0n) is 14.5. The molecule has 1 fully saturated rings. The first kappa shape index (κ1) is 17.9. The first-order valence-electron chi connectivity index (χ1n) is 8.33. The van der Waals surface area contributed by atoms with Crippen molar-refractivity contribution in [1.29, 1.82) is 0 Å². The molecule has 0 heterocycles. The van der Waals surface area contributed by atoms with Gasteiger partial charge in [0.25, 0.3) is 0 Å². The van der Waals surface area contributed by atoms with Crippen LogP contribution >= 0.6 is 0 Å². The molecular formula is C17H36N2O. The Bertz CT molecular complexity index is 268. The fourth-order valence-corrected chi connectivity index (χ4v) is 3.57. The van der Waals surface area contributed by atoms with Gasteiger partial charge in [0.15, 0.2) is 0 Å². The third-order valence-corrected chi connectivity index (χ3v) is 5.15. The Morgan fingerprint density at radius 1 is 1.40 bits per heavy atom. The van der Waals surface area contributed by atoms with Crippen LogP contribution in [-0.4, -0.2) is 50.8 Å². The molecule has 20 heavy (non-hydrogen) atoms. The number of nitrogens with one attached hydrogen (secondary N) is 1. The van der Waals surface area contributed by atoms with Gasteiger partial charge in [0, 0.05) is 32.3 Å². The second-order valence-electron chi connectivity index (χ2n) is 7.31. The predicted octanol–water partition coefficient (Wildman–Crippen LogP) is 3.15. The van der Waals surface area contributed by atoms with Crippen molar-refractivity contribution in [3.05, 3.63) is 0 Å². The van der Waals surface area contributed by atoms with E-state index in [2.05, 4.69) is 45.0 Å². The van der Waals surface area contributed by atoms with E-state index < -0.39 is 0 Å². The average molecular weight is 284 g/mol. The highest BCUT2D eigenvalue weighted by Gasteiger charge is 2.35. The summed E-state index contributed by atoms with van der Waals surface area (Å²) in [6.07, 6.45) is 5.20. The van der Waals surface area contributed by atoms with Crippen molar-refractivity contribution >= 4 is 0 Å². The molecule has 0 aromatic heterocycles. The zero-order valence-corrected chi connectivity index (χ0v) is 14.5. The topological polar surface area (TPSA) is 24.5 Å². The molecule has 1 N–H and O–H groups in total. The van der Waals surface area contributed by atoms with Gasteiger partial charge < -0.3 is 10.1 Å². The minimum atomic E-state index is 0.500. The van der Waals surface area contributed by atoms with Crippen LogP contribution in [0.2, 0.25) is 0 Å². The van der Waals surface area contributed by atoms with Crippen molar-refractivity contribution in [1.82, 2.24) is 10.2 Å². The highest BCUT2D eigenvalue weighted by Crippen LogP contribution is 2.39. The standard InChI is InChI=1S/C17H36N2O/c1-7-14(2)19(10-11-20-6)13-15-12-17(3,4)9-8-16(15)18-5/h14-16,18H,7-13H2,1-6H3. The van der Waals surface area contributed by atoms with Crippen molar-refractivity contribution < 1.29 is 4.74 Å². The van der Waals surface area contributed by atoms with Crippen LogP contribution in [-0.2, 0) is 4.74 Å². The van der Waals surface area contributed by atoms with Crippen LogP contribution in [0, 0.1) is 11.3 Å². The Balaban J connectivity index is 2.67. The lowest BCUT2D eigenvalue weighted by atomic mass is 9.69. The van der Waals surface area contributed by atoms with Crippen molar-refractivity contribution in [2.75, 3.05) is 33.9 Å². The van der Waals surface area contributed by atoms with Gasteiger partial charge in [-0.2, -0.15) is 0 Å². The van der Waals surface area contributed by atoms with E-state index >= 15 is 0 Å². The quantitative estimate of drug-likeness (QED) is 0.741. The van der Waals surface area contributed by atoms with Gasteiger partial charge in [-0.25, -0.2) is 0 Å². The van der Waals surface area contributed by atoms with Crippen molar-refractivity contribution in [3.8, 4) is 0 Å². The molecule has 0 aromatic rings. The van der Waals surface area contributed by atoms with E-state index in [1.54, 1.807) is 7.11 Å².